The number of nitriles is 1. The van der Waals surface area contributed by atoms with Crippen molar-refractivity contribution in [3.05, 3.63) is 54.6 Å². The zero-order valence-corrected chi connectivity index (χ0v) is 11.5. The lowest BCUT2D eigenvalue weighted by molar-refractivity contribution is 0.937. The summed E-state index contributed by atoms with van der Waals surface area (Å²) in [5, 5.41) is 20.1. The van der Waals surface area contributed by atoms with E-state index in [1.165, 1.54) is 22.5 Å². The van der Waals surface area contributed by atoms with Gasteiger partial charge >= 0.3 is 0 Å². The summed E-state index contributed by atoms with van der Waals surface area (Å²) >= 11 is 1.39. The molecule has 4 heteroatoms. The zero-order chi connectivity index (χ0) is 13.8. The first-order valence-electron chi connectivity index (χ1n) is 6.19. The van der Waals surface area contributed by atoms with Gasteiger partial charge in [-0.05, 0) is 29.0 Å². The number of hydrogen-bond donors (Lipinski definition) is 0. The molecule has 0 amide bonds. The summed E-state index contributed by atoms with van der Waals surface area (Å²) in [4.78, 5) is 0. The Morgan fingerprint density at radius 2 is 1.80 bits per heavy atom. The molecule has 0 unspecified atom stereocenters. The normalized spacial score (nSPS) is 10.3. The van der Waals surface area contributed by atoms with Crippen molar-refractivity contribution >= 4 is 22.5 Å². The number of hydrogen-bond acceptors (Lipinski definition) is 4. The Bertz CT molecular complexity index is 776. The van der Waals surface area contributed by atoms with Gasteiger partial charge in [-0.1, -0.05) is 48.2 Å². The third kappa shape index (κ3) is 2.63. The number of nitrogens with zero attached hydrogens (tertiary/aromatic N) is 3. The van der Waals surface area contributed by atoms with E-state index in [4.69, 9.17) is 5.26 Å². The summed E-state index contributed by atoms with van der Waals surface area (Å²) in [5.41, 5.74) is 1.89. The maximum Gasteiger partial charge on any atom is 0.120 e. The average molecular weight is 277 g/mol. The zero-order valence-electron chi connectivity index (χ0n) is 10.7. The maximum absolute atomic E-state index is 8.54. The van der Waals surface area contributed by atoms with Crippen molar-refractivity contribution in [2.24, 2.45) is 0 Å². The minimum atomic E-state index is 0.393. The van der Waals surface area contributed by atoms with E-state index in [1.807, 2.05) is 24.3 Å². The third-order valence-corrected chi connectivity index (χ3v) is 3.76. The molecular formula is C16H11N3S. The minimum absolute atomic E-state index is 0.393. The van der Waals surface area contributed by atoms with Gasteiger partial charge in [-0.2, -0.15) is 5.26 Å². The van der Waals surface area contributed by atoms with Gasteiger partial charge in [0.15, 0.2) is 0 Å². The lowest BCUT2D eigenvalue weighted by Crippen LogP contribution is -1.89. The van der Waals surface area contributed by atoms with Gasteiger partial charge in [0.1, 0.15) is 5.03 Å². The first kappa shape index (κ1) is 12.6. The smallest absolute Gasteiger partial charge is 0.120 e. The quantitative estimate of drug-likeness (QED) is 0.681. The van der Waals surface area contributed by atoms with Crippen LogP contribution in [0.25, 0.3) is 22.0 Å². The molecule has 0 saturated heterocycles. The van der Waals surface area contributed by atoms with E-state index in [1.54, 1.807) is 0 Å². The van der Waals surface area contributed by atoms with Crippen molar-refractivity contribution < 1.29 is 0 Å². The highest BCUT2D eigenvalue weighted by atomic mass is 32.2. The monoisotopic (exact) mass is 277 g/mol. The highest BCUT2D eigenvalue weighted by Gasteiger charge is 2.03. The summed E-state index contributed by atoms with van der Waals surface area (Å²) in [6.07, 6.45) is 0. The van der Waals surface area contributed by atoms with Crippen molar-refractivity contribution in [2.75, 3.05) is 5.75 Å². The molecule has 1 aromatic heterocycles. The molecule has 0 bridgehead atoms. The minimum Gasteiger partial charge on any atom is -0.197 e. The summed E-state index contributed by atoms with van der Waals surface area (Å²) in [6, 6.07) is 20.4. The Morgan fingerprint density at radius 1 is 0.950 bits per heavy atom. The highest BCUT2D eigenvalue weighted by molar-refractivity contribution is 7.99. The van der Waals surface area contributed by atoms with E-state index in [2.05, 4.69) is 46.6 Å². The van der Waals surface area contributed by atoms with Crippen LogP contribution in [0.5, 0.6) is 0 Å². The number of benzene rings is 2. The van der Waals surface area contributed by atoms with Gasteiger partial charge in [-0.25, -0.2) is 0 Å². The molecule has 0 saturated carbocycles. The Hall–Kier alpha value is -2.38. The van der Waals surface area contributed by atoms with Crippen molar-refractivity contribution in [3.8, 4) is 17.3 Å². The van der Waals surface area contributed by atoms with Crippen LogP contribution in [0.2, 0.25) is 0 Å². The van der Waals surface area contributed by atoms with Crippen molar-refractivity contribution in [1.82, 2.24) is 10.2 Å². The predicted molar refractivity (Wildman–Crippen MR) is 81.3 cm³/mol. The largest absolute Gasteiger partial charge is 0.197 e. The molecule has 96 valence electrons. The molecule has 0 aliphatic carbocycles. The summed E-state index contributed by atoms with van der Waals surface area (Å²) in [6.45, 7) is 0. The summed E-state index contributed by atoms with van der Waals surface area (Å²) < 4.78 is 0. The Morgan fingerprint density at radius 3 is 2.55 bits per heavy atom. The van der Waals surface area contributed by atoms with E-state index >= 15 is 0 Å². The van der Waals surface area contributed by atoms with E-state index in [0.29, 0.717) is 5.75 Å². The lowest BCUT2D eigenvalue weighted by Gasteiger charge is -2.03. The number of fused-ring (bicyclic) bond motifs is 1. The Balaban J connectivity index is 1.92. The number of aromatic nitrogens is 2. The second kappa shape index (κ2) is 5.72. The molecule has 2 aromatic carbocycles. The highest BCUT2D eigenvalue weighted by Crippen LogP contribution is 2.23. The molecule has 3 aromatic rings. The van der Waals surface area contributed by atoms with Crippen LogP contribution >= 0.6 is 11.8 Å². The molecule has 3 nitrogen and oxygen atoms in total. The van der Waals surface area contributed by atoms with Crippen LogP contribution in [-0.2, 0) is 0 Å². The molecule has 3 rings (SSSR count). The van der Waals surface area contributed by atoms with Gasteiger partial charge in [0, 0.05) is 5.56 Å². The van der Waals surface area contributed by atoms with E-state index < -0.39 is 0 Å². The fourth-order valence-electron chi connectivity index (χ4n) is 2.01. The van der Waals surface area contributed by atoms with E-state index in [0.717, 1.165) is 16.3 Å². The van der Waals surface area contributed by atoms with Gasteiger partial charge in [0.05, 0.1) is 17.5 Å². The summed E-state index contributed by atoms with van der Waals surface area (Å²) in [7, 11) is 0. The molecule has 0 N–H and O–H groups in total. The SMILES string of the molecule is N#CCSc1ccc(-c2ccc3ccccc3c2)nn1. The molecule has 0 radical (unpaired) electrons. The van der Waals surface area contributed by atoms with Crippen LogP contribution in [0, 0.1) is 11.3 Å². The topological polar surface area (TPSA) is 49.6 Å². The van der Waals surface area contributed by atoms with Gasteiger partial charge < -0.3 is 0 Å². The molecule has 0 fully saturated rings. The van der Waals surface area contributed by atoms with E-state index in [9.17, 15) is 0 Å². The molecule has 1 heterocycles. The van der Waals surface area contributed by atoms with Gasteiger partial charge in [0.25, 0.3) is 0 Å². The molecule has 20 heavy (non-hydrogen) atoms. The molecule has 0 atom stereocenters. The predicted octanol–water partition coefficient (Wildman–Crippen LogP) is 3.91. The lowest BCUT2D eigenvalue weighted by atomic mass is 10.1. The maximum atomic E-state index is 8.54. The third-order valence-electron chi connectivity index (χ3n) is 2.97. The van der Waals surface area contributed by atoms with Crippen molar-refractivity contribution in [2.45, 2.75) is 5.03 Å². The van der Waals surface area contributed by atoms with Crippen LogP contribution < -0.4 is 0 Å². The first-order valence-corrected chi connectivity index (χ1v) is 7.18. The van der Waals surface area contributed by atoms with Crippen molar-refractivity contribution in [1.29, 1.82) is 5.26 Å². The van der Waals surface area contributed by atoms with Gasteiger partial charge in [0.2, 0.25) is 0 Å². The van der Waals surface area contributed by atoms with Gasteiger partial charge in [-0.3, -0.25) is 0 Å². The van der Waals surface area contributed by atoms with Crippen molar-refractivity contribution in [3.63, 3.8) is 0 Å². The summed E-state index contributed by atoms with van der Waals surface area (Å²) in [5.74, 6) is 0.393. The standard InChI is InChI=1S/C16H11N3S/c17-9-10-20-16-8-7-15(18-19-16)14-6-5-12-3-1-2-4-13(12)11-14/h1-8,11H,10H2. The van der Waals surface area contributed by atoms with Crippen LogP contribution in [-0.4, -0.2) is 16.0 Å². The number of thioether (sulfide) groups is 1. The molecule has 0 aliphatic rings. The fourth-order valence-corrected chi connectivity index (χ4v) is 2.48. The van der Waals surface area contributed by atoms with Crippen LogP contribution in [0.4, 0.5) is 0 Å². The number of rotatable bonds is 3. The first-order chi connectivity index (χ1) is 9.86. The van der Waals surface area contributed by atoms with Gasteiger partial charge in [-0.15, -0.1) is 10.2 Å². The fraction of sp³-hybridized carbons (Fsp3) is 0.0625. The Kier molecular flexibility index (Phi) is 3.62. The second-order valence-electron chi connectivity index (χ2n) is 4.27. The van der Waals surface area contributed by atoms with Crippen LogP contribution in [0.3, 0.4) is 0 Å². The molecular weight excluding hydrogens is 266 g/mol. The molecule has 0 aliphatic heterocycles. The Labute approximate surface area is 121 Å². The van der Waals surface area contributed by atoms with Crippen LogP contribution in [0.15, 0.2) is 59.6 Å². The van der Waals surface area contributed by atoms with Crippen LogP contribution in [0.1, 0.15) is 0 Å². The second-order valence-corrected chi connectivity index (χ2v) is 5.26. The van der Waals surface area contributed by atoms with E-state index in [-0.39, 0.29) is 0 Å². The average Bonchev–Trinajstić information content (AvgIpc) is 2.53. The molecule has 0 spiro atoms.